The fourth-order valence-corrected chi connectivity index (χ4v) is 2.79. The van der Waals surface area contributed by atoms with Gasteiger partial charge >= 0.3 is 0 Å². The molecule has 0 saturated carbocycles. The van der Waals surface area contributed by atoms with Gasteiger partial charge in [-0.15, -0.1) is 0 Å². The van der Waals surface area contributed by atoms with Gasteiger partial charge in [0, 0.05) is 5.56 Å². The number of benzene rings is 3. The topological polar surface area (TPSA) is 33.0 Å². The Balaban J connectivity index is 1.89. The Bertz CT molecular complexity index is 911. The first kappa shape index (κ1) is 16.8. The van der Waals surface area contributed by atoms with Crippen molar-refractivity contribution < 1.29 is 4.74 Å². The molecule has 124 valence electrons. The smallest absolute Gasteiger partial charge is 0.119 e. The zero-order valence-electron chi connectivity index (χ0n) is 14.4. The van der Waals surface area contributed by atoms with Crippen LogP contribution in [0.1, 0.15) is 30.9 Å². The maximum absolute atomic E-state index is 9.66. The molecule has 0 aromatic heterocycles. The van der Waals surface area contributed by atoms with Crippen LogP contribution in [-0.2, 0) is 0 Å². The lowest BCUT2D eigenvalue weighted by Crippen LogP contribution is -1.95. The van der Waals surface area contributed by atoms with Crippen LogP contribution in [0.4, 0.5) is 0 Å². The van der Waals surface area contributed by atoms with Crippen LogP contribution in [0.2, 0.25) is 0 Å². The van der Waals surface area contributed by atoms with Gasteiger partial charge in [0.05, 0.1) is 18.2 Å². The van der Waals surface area contributed by atoms with E-state index >= 15 is 0 Å². The molecular formula is C23H21NO. The maximum atomic E-state index is 9.66. The van der Waals surface area contributed by atoms with Gasteiger partial charge in [0.1, 0.15) is 5.75 Å². The molecule has 0 aliphatic rings. The van der Waals surface area contributed by atoms with Gasteiger partial charge in [-0.3, -0.25) is 0 Å². The predicted octanol–water partition coefficient (Wildman–Crippen LogP) is 6.08. The minimum Gasteiger partial charge on any atom is -0.494 e. The van der Waals surface area contributed by atoms with Crippen LogP contribution in [0.15, 0.2) is 66.7 Å². The Morgan fingerprint density at radius 2 is 1.76 bits per heavy atom. The molecule has 0 atom stereocenters. The van der Waals surface area contributed by atoms with Crippen LogP contribution in [0, 0.1) is 11.3 Å². The van der Waals surface area contributed by atoms with Crippen LogP contribution in [-0.4, -0.2) is 6.61 Å². The summed E-state index contributed by atoms with van der Waals surface area (Å²) in [5.74, 6) is 0.870. The third-order valence-electron chi connectivity index (χ3n) is 4.16. The van der Waals surface area contributed by atoms with Gasteiger partial charge in [-0.1, -0.05) is 67.9 Å². The molecule has 0 N–H and O–H groups in total. The van der Waals surface area contributed by atoms with Crippen molar-refractivity contribution >= 4 is 22.4 Å². The number of unbranched alkanes of at least 4 members (excludes halogenated alkanes) is 1. The van der Waals surface area contributed by atoms with Crippen molar-refractivity contribution in [3.63, 3.8) is 0 Å². The normalized spacial score (nSPS) is 11.3. The van der Waals surface area contributed by atoms with Crippen molar-refractivity contribution in [2.75, 3.05) is 6.61 Å². The van der Waals surface area contributed by atoms with Crippen molar-refractivity contribution in [3.05, 3.63) is 77.9 Å². The highest BCUT2D eigenvalue weighted by atomic mass is 16.5. The van der Waals surface area contributed by atoms with Gasteiger partial charge in [-0.05, 0) is 41.0 Å². The van der Waals surface area contributed by atoms with Crippen LogP contribution < -0.4 is 4.74 Å². The van der Waals surface area contributed by atoms with E-state index in [1.807, 2.05) is 54.6 Å². The highest BCUT2D eigenvalue weighted by Crippen LogP contribution is 2.26. The maximum Gasteiger partial charge on any atom is 0.119 e. The molecule has 0 unspecified atom stereocenters. The first-order chi connectivity index (χ1) is 12.3. The summed E-state index contributed by atoms with van der Waals surface area (Å²) in [5.41, 5.74) is 2.62. The molecule has 25 heavy (non-hydrogen) atoms. The summed E-state index contributed by atoms with van der Waals surface area (Å²) in [4.78, 5) is 0. The lowest BCUT2D eigenvalue weighted by Gasteiger charge is -2.07. The summed E-state index contributed by atoms with van der Waals surface area (Å²) >= 11 is 0. The highest BCUT2D eigenvalue weighted by Gasteiger charge is 2.06. The molecule has 0 aliphatic carbocycles. The Kier molecular flexibility index (Phi) is 5.49. The number of hydrogen-bond donors (Lipinski definition) is 0. The molecule has 3 rings (SSSR count). The minimum absolute atomic E-state index is 0.663. The molecule has 2 nitrogen and oxygen atoms in total. The molecule has 3 aromatic carbocycles. The van der Waals surface area contributed by atoms with Crippen LogP contribution in [0.5, 0.6) is 5.75 Å². The summed E-state index contributed by atoms with van der Waals surface area (Å²) in [6.45, 7) is 2.89. The zero-order valence-corrected chi connectivity index (χ0v) is 14.4. The van der Waals surface area contributed by atoms with Gasteiger partial charge < -0.3 is 4.74 Å². The number of allylic oxidation sites excluding steroid dienone is 1. The van der Waals surface area contributed by atoms with E-state index in [1.54, 1.807) is 0 Å². The molecule has 0 heterocycles. The molecule has 3 aromatic rings. The lowest BCUT2D eigenvalue weighted by molar-refractivity contribution is 0.309. The number of ether oxygens (including phenoxy) is 1. The number of nitrogens with zero attached hydrogens (tertiary/aromatic N) is 1. The molecule has 0 radical (unpaired) electrons. The van der Waals surface area contributed by atoms with Crippen molar-refractivity contribution in [2.24, 2.45) is 0 Å². The van der Waals surface area contributed by atoms with E-state index in [1.165, 1.54) is 0 Å². The van der Waals surface area contributed by atoms with Crippen molar-refractivity contribution in [1.29, 1.82) is 5.26 Å². The van der Waals surface area contributed by atoms with E-state index < -0.39 is 0 Å². The van der Waals surface area contributed by atoms with Gasteiger partial charge in [-0.25, -0.2) is 0 Å². The van der Waals surface area contributed by atoms with E-state index in [4.69, 9.17) is 4.74 Å². The number of rotatable bonds is 6. The molecule has 0 spiro atoms. The Hall–Kier alpha value is -3.05. The van der Waals surface area contributed by atoms with Crippen LogP contribution in [0.25, 0.3) is 22.4 Å². The molecule has 0 amide bonds. The van der Waals surface area contributed by atoms with E-state index in [-0.39, 0.29) is 0 Å². The van der Waals surface area contributed by atoms with E-state index in [0.29, 0.717) is 5.57 Å². The summed E-state index contributed by atoms with van der Waals surface area (Å²) < 4.78 is 5.69. The summed E-state index contributed by atoms with van der Waals surface area (Å²) in [6.07, 6.45) is 4.11. The predicted molar refractivity (Wildman–Crippen MR) is 104 cm³/mol. The van der Waals surface area contributed by atoms with Gasteiger partial charge in [0.15, 0.2) is 0 Å². The van der Waals surface area contributed by atoms with E-state index in [9.17, 15) is 5.26 Å². The van der Waals surface area contributed by atoms with Crippen LogP contribution in [0.3, 0.4) is 0 Å². The minimum atomic E-state index is 0.663. The highest BCUT2D eigenvalue weighted by molar-refractivity contribution is 6.01. The summed E-state index contributed by atoms with van der Waals surface area (Å²) in [7, 11) is 0. The van der Waals surface area contributed by atoms with Crippen molar-refractivity contribution in [1.82, 2.24) is 0 Å². The number of hydrogen-bond acceptors (Lipinski definition) is 2. The molecule has 0 saturated heterocycles. The monoisotopic (exact) mass is 327 g/mol. The molecule has 0 fully saturated rings. The fourth-order valence-electron chi connectivity index (χ4n) is 2.79. The largest absolute Gasteiger partial charge is 0.494 e. The Morgan fingerprint density at radius 3 is 2.52 bits per heavy atom. The first-order valence-corrected chi connectivity index (χ1v) is 8.64. The zero-order chi connectivity index (χ0) is 17.5. The van der Waals surface area contributed by atoms with Gasteiger partial charge in [0.25, 0.3) is 0 Å². The van der Waals surface area contributed by atoms with Gasteiger partial charge in [0.2, 0.25) is 0 Å². The first-order valence-electron chi connectivity index (χ1n) is 8.64. The average Bonchev–Trinajstić information content (AvgIpc) is 2.67. The van der Waals surface area contributed by atoms with Gasteiger partial charge in [-0.2, -0.15) is 5.26 Å². The second-order valence-corrected chi connectivity index (χ2v) is 5.97. The molecular weight excluding hydrogens is 306 g/mol. The molecule has 2 heteroatoms. The van der Waals surface area contributed by atoms with E-state index in [2.05, 4.69) is 31.2 Å². The second-order valence-electron chi connectivity index (χ2n) is 5.97. The Morgan fingerprint density at radius 1 is 1.00 bits per heavy atom. The van der Waals surface area contributed by atoms with Crippen molar-refractivity contribution in [3.8, 4) is 11.8 Å². The fraction of sp³-hybridized carbons (Fsp3) is 0.174. The third-order valence-corrected chi connectivity index (χ3v) is 4.16. The quantitative estimate of drug-likeness (QED) is 0.312. The third kappa shape index (κ3) is 4.08. The molecule has 0 bridgehead atoms. The SMILES string of the molecule is CCCCOc1ccc(/C=C(\C#N)c2cccc3ccccc23)cc1. The lowest BCUT2D eigenvalue weighted by atomic mass is 9.97. The second kappa shape index (κ2) is 8.17. The summed E-state index contributed by atoms with van der Waals surface area (Å²) in [5, 5.41) is 11.9. The van der Waals surface area contributed by atoms with E-state index in [0.717, 1.165) is 47.1 Å². The standard InChI is InChI=1S/C23H21NO/c1-2-3-15-25-21-13-11-18(12-14-21)16-20(17-24)23-10-6-8-19-7-4-5-9-22(19)23/h4-14,16H,2-3,15H2,1H3/b20-16+. The number of fused-ring (bicyclic) bond motifs is 1. The van der Waals surface area contributed by atoms with Crippen LogP contribution >= 0.6 is 0 Å². The van der Waals surface area contributed by atoms with Crippen molar-refractivity contribution in [2.45, 2.75) is 19.8 Å². The average molecular weight is 327 g/mol. The summed E-state index contributed by atoms with van der Waals surface area (Å²) in [6, 6.07) is 24.4. The Labute approximate surface area is 149 Å². The molecule has 0 aliphatic heterocycles. The number of nitriles is 1.